The van der Waals surface area contributed by atoms with E-state index in [0.29, 0.717) is 6.54 Å². The Morgan fingerprint density at radius 1 is 1.10 bits per heavy atom. The van der Waals surface area contributed by atoms with Crippen molar-refractivity contribution < 1.29 is 9.53 Å². The van der Waals surface area contributed by atoms with E-state index in [4.69, 9.17) is 14.7 Å². The minimum atomic E-state index is -0.113. The Kier molecular flexibility index (Phi) is 4.24. The van der Waals surface area contributed by atoms with E-state index in [-0.39, 0.29) is 18.0 Å². The molecule has 5 rings (SSSR count). The second kappa shape index (κ2) is 6.81. The van der Waals surface area contributed by atoms with Crippen LogP contribution >= 0.6 is 0 Å². The summed E-state index contributed by atoms with van der Waals surface area (Å²) in [5.74, 6) is 0.899. The molecule has 29 heavy (non-hydrogen) atoms. The Morgan fingerprint density at radius 3 is 2.59 bits per heavy atom. The van der Waals surface area contributed by atoms with Crippen LogP contribution in [0.5, 0.6) is 5.75 Å². The number of carbonyl (C=O) groups excluding carboxylic acids is 1. The van der Waals surface area contributed by atoms with Gasteiger partial charge in [0.2, 0.25) is 5.91 Å². The first-order valence-electron chi connectivity index (χ1n) is 9.99. The lowest BCUT2D eigenvalue weighted by atomic mass is 10.1. The molecule has 0 radical (unpaired) electrons. The zero-order valence-corrected chi connectivity index (χ0v) is 16.9. The average Bonchev–Trinajstić information content (AvgIpc) is 3.26. The van der Waals surface area contributed by atoms with Gasteiger partial charge in [-0.3, -0.25) is 9.69 Å². The normalized spacial score (nSPS) is 21.3. The highest BCUT2D eigenvalue weighted by atomic mass is 16.5. The molecule has 2 saturated heterocycles. The SMILES string of the molecule is COc1ccc(C)cc1N1C(=O)[C@@H]2C[C@H]1CN2Cc1nc2ccccc2nc1C. The summed E-state index contributed by atoms with van der Waals surface area (Å²) in [4.78, 5) is 26.9. The molecule has 2 aliphatic heterocycles. The molecule has 0 saturated carbocycles. The molecule has 3 aromatic rings. The molecule has 2 bridgehead atoms. The lowest BCUT2D eigenvalue weighted by Gasteiger charge is -2.34. The van der Waals surface area contributed by atoms with Gasteiger partial charge >= 0.3 is 0 Å². The fraction of sp³-hybridized carbons (Fsp3) is 0.348. The molecule has 0 N–H and O–H groups in total. The van der Waals surface area contributed by atoms with E-state index in [2.05, 4.69) is 4.90 Å². The maximum Gasteiger partial charge on any atom is 0.244 e. The van der Waals surface area contributed by atoms with Crippen LogP contribution in [0.3, 0.4) is 0 Å². The molecule has 2 fully saturated rings. The number of hydrogen-bond donors (Lipinski definition) is 0. The topological polar surface area (TPSA) is 58.6 Å². The van der Waals surface area contributed by atoms with Gasteiger partial charge in [-0.25, -0.2) is 9.97 Å². The summed E-state index contributed by atoms with van der Waals surface area (Å²) in [6.07, 6.45) is 0.843. The van der Waals surface area contributed by atoms with Crippen LogP contribution in [-0.2, 0) is 11.3 Å². The summed E-state index contributed by atoms with van der Waals surface area (Å²) >= 11 is 0. The number of piperazine rings is 1. The number of hydrogen-bond acceptors (Lipinski definition) is 5. The number of anilines is 1. The van der Waals surface area contributed by atoms with E-state index in [1.165, 1.54) is 0 Å². The molecular weight excluding hydrogens is 364 g/mol. The third-order valence-electron chi connectivity index (χ3n) is 6.06. The van der Waals surface area contributed by atoms with Crippen LogP contribution in [0, 0.1) is 13.8 Å². The van der Waals surface area contributed by atoms with E-state index in [0.717, 1.165) is 52.4 Å². The number of fused-ring (bicyclic) bond motifs is 3. The van der Waals surface area contributed by atoms with Gasteiger partial charge in [0, 0.05) is 13.1 Å². The molecule has 0 aliphatic carbocycles. The van der Waals surface area contributed by atoms with Crippen molar-refractivity contribution in [1.29, 1.82) is 0 Å². The number of methoxy groups -OCH3 is 1. The van der Waals surface area contributed by atoms with E-state index in [1.54, 1.807) is 7.11 Å². The Bertz CT molecular complexity index is 1110. The number of benzene rings is 2. The van der Waals surface area contributed by atoms with E-state index in [9.17, 15) is 4.79 Å². The van der Waals surface area contributed by atoms with E-state index in [1.807, 2.05) is 61.2 Å². The number of carbonyl (C=O) groups is 1. The summed E-state index contributed by atoms with van der Waals surface area (Å²) < 4.78 is 5.52. The van der Waals surface area contributed by atoms with Crippen LogP contribution in [0.1, 0.15) is 23.4 Å². The van der Waals surface area contributed by atoms with Gasteiger partial charge in [0.25, 0.3) is 0 Å². The highest BCUT2D eigenvalue weighted by Gasteiger charge is 2.50. The highest BCUT2D eigenvalue weighted by Crippen LogP contribution is 2.40. The maximum atomic E-state index is 13.2. The highest BCUT2D eigenvalue weighted by molar-refractivity contribution is 6.02. The van der Waals surface area contributed by atoms with Gasteiger partial charge in [0.15, 0.2) is 0 Å². The number of likely N-dealkylation sites (tertiary alicyclic amines) is 1. The van der Waals surface area contributed by atoms with Crippen LogP contribution in [0.4, 0.5) is 5.69 Å². The largest absolute Gasteiger partial charge is 0.495 e. The van der Waals surface area contributed by atoms with Crippen molar-refractivity contribution in [2.45, 2.75) is 38.9 Å². The zero-order valence-electron chi connectivity index (χ0n) is 16.9. The van der Waals surface area contributed by atoms with Crippen LogP contribution in [0.2, 0.25) is 0 Å². The molecule has 1 amide bonds. The van der Waals surface area contributed by atoms with Gasteiger partial charge in [-0.1, -0.05) is 18.2 Å². The summed E-state index contributed by atoms with van der Waals surface area (Å²) in [5, 5.41) is 0. The number of aromatic nitrogens is 2. The van der Waals surface area contributed by atoms with Gasteiger partial charge < -0.3 is 9.64 Å². The van der Waals surface area contributed by atoms with Crippen molar-refractivity contribution in [2.75, 3.05) is 18.6 Å². The van der Waals surface area contributed by atoms with Crippen molar-refractivity contribution in [2.24, 2.45) is 0 Å². The average molecular weight is 388 g/mol. The summed E-state index contributed by atoms with van der Waals surface area (Å²) in [7, 11) is 1.65. The molecule has 2 atom stereocenters. The standard InChI is InChI=1S/C23H24N4O2/c1-14-8-9-22(29-3)20(10-14)27-16-11-21(23(27)28)26(12-16)13-19-15(2)24-17-6-4-5-7-18(17)25-19/h4-10,16,21H,11-13H2,1-3H3/t16-,21-/m0/s1. The third-order valence-corrected chi connectivity index (χ3v) is 6.06. The summed E-state index contributed by atoms with van der Waals surface area (Å²) in [5.41, 5.74) is 5.68. The van der Waals surface area contributed by atoms with Gasteiger partial charge in [0.1, 0.15) is 5.75 Å². The Balaban J connectivity index is 1.41. The van der Waals surface area contributed by atoms with Crippen molar-refractivity contribution in [3.05, 3.63) is 59.4 Å². The van der Waals surface area contributed by atoms with Crippen LogP contribution in [0.25, 0.3) is 11.0 Å². The van der Waals surface area contributed by atoms with Crippen LogP contribution in [0.15, 0.2) is 42.5 Å². The van der Waals surface area contributed by atoms with Crippen LogP contribution < -0.4 is 9.64 Å². The minimum absolute atomic E-state index is 0.113. The Labute approximate surface area is 170 Å². The second-order valence-electron chi connectivity index (χ2n) is 7.96. The number of amides is 1. The van der Waals surface area contributed by atoms with Crippen molar-refractivity contribution in [3.63, 3.8) is 0 Å². The molecule has 6 nitrogen and oxygen atoms in total. The van der Waals surface area contributed by atoms with Gasteiger partial charge in [0.05, 0.1) is 47.3 Å². The van der Waals surface area contributed by atoms with E-state index < -0.39 is 0 Å². The number of para-hydroxylation sites is 2. The molecule has 2 aliphatic rings. The molecule has 0 unspecified atom stereocenters. The van der Waals surface area contributed by atoms with Gasteiger partial charge in [-0.05, 0) is 50.1 Å². The number of nitrogens with zero attached hydrogens (tertiary/aromatic N) is 4. The first-order chi connectivity index (χ1) is 14.0. The molecular formula is C23H24N4O2. The lowest BCUT2D eigenvalue weighted by Crippen LogP contribution is -2.50. The fourth-order valence-corrected chi connectivity index (χ4v) is 4.61. The lowest BCUT2D eigenvalue weighted by molar-refractivity contribution is -0.122. The maximum absolute atomic E-state index is 13.2. The Morgan fingerprint density at radius 2 is 1.86 bits per heavy atom. The zero-order chi connectivity index (χ0) is 20.1. The third kappa shape index (κ3) is 2.95. The first-order valence-corrected chi connectivity index (χ1v) is 9.99. The van der Waals surface area contributed by atoms with Crippen molar-refractivity contribution in [3.8, 4) is 5.75 Å². The second-order valence-corrected chi connectivity index (χ2v) is 7.96. The number of rotatable bonds is 4. The van der Waals surface area contributed by atoms with E-state index >= 15 is 0 Å². The molecule has 148 valence electrons. The molecule has 2 aromatic carbocycles. The monoisotopic (exact) mass is 388 g/mol. The molecule has 0 spiro atoms. The van der Waals surface area contributed by atoms with Gasteiger partial charge in [-0.15, -0.1) is 0 Å². The predicted octanol–water partition coefficient (Wildman–Crippen LogP) is 3.24. The molecule has 3 heterocycles. The first kappa shape index (κ1) is 18.1. The Hall–Kier alpha value is -2.99. The quantitative estimate of drug-likeness (QED) is 0.687. The van der Waals surface area contributed by atoms with Crippen molar-refractivity contribution in [1.82, 2.24) is 14.9 Å². The summed E-state index contributed by atoms with van der Waals surface area (Å²) in [6, 6.07) is 14.0. The number of aryl methyl sites for hydroxylation is 2. The molecule has 6 heteroatoms. The summed E-state index contributed by atoms with van der Waals surface area (Å²) in [6.45, 7) is 5.51. The fourth-order valence-electron chi connectivity index (χ4n) is 4.61. The minimum Gasteiger partial charge on any atom is -0.495 e. The van der Waals surface area contributed by atoms with Crippen LogP contribution in [-0.4, -0.2) is 46.5 Å². The smallest absolute Gasteiger partial charge is 0.244 e. The van der Waals surface area contributed by atoms with Crippen molar-refractivity contribution >= 4 is 22.6 Å². The van der Waals surface area contributed by atoms with Gasteiger partial charge in [-0.2, -0.15) is 0 Å². The predicted molar refractivity (Wildman–Crippen MR) is 112 cm³/mol. The number of ether oxygens (including phenoxy) is 1. The molecule has 1 aromatic heterocycles.